The summed E-state index contributed by atoms with van der Waals surface area (Å²) in [5.41, 5.74) is 5.37. The molecular formula is C18H22ClN. The molecule has 20 heavy (non-hydrogen) atoms. The first kappa shape index (κ1) is 15.1. The van der Waals surface area contributed by atoms with Gasteiger partial charge in [-0.15, -0.1) is 0 Å². The van der Waals surface area contributed by atoms with Crippen LogP contribution in [0, 0.1) is 13.8 Å². The maximum absolute atomic E-state index is 5.89. The molecule has 1 unspecified atom stereocenters. The SMILES string of the molecule is Cc1ccc(C)c(C(C)NCCc2ccc(Cl)cc2)c1. The summed E-state index contributed by atoms with van der Waals surface area (Å²) < 4.78 is 0. The van der Waals surface area contributed by atoms with Crippen molar-refractivity contribution in [1.29, 1.82) is 0 Å². The molecule has 0 amide bonds. The third kappa shape index (κ3) is 4.09. The number of halogens is 1. The van der Waals surface area contributed by atoms with Crippen molar-refractivity contribution >= 4 is 11.6 Å². The Morgan fingerprint density at radius 2 is 1.75 bits per heavy atom. The van der Waals surface area contributed by atoms with Crippen LogP contribution in [0.1, 0.15) is 35.2 Å². The standard InChI is InChI=1S/C18H22ClN/c1-13-4-5-14(2)18(12-13)15(3)20-11-10-16-6-8-17(19)9-7-16/h4-9,12,15,20H,10-11H2,1-3H3. The molecule has 2 rings (SSSR count). The quantitative estimate of drug-likeness (QED) is 0.829. The highest BCUT2D eigenvalue weighted by molar-refractivity contribution is 6.30. The van der Waals surface area contributed by atoms with E-state index in [1.807, 2.05) is 12.1 Å². The molecule has 0 fully saturated rings. The first-order valence-corrected chi connectivity index (χ1v) is 7.49. The minimum Gasteiger partial charge on any atom is -0.310 e. The maximum atomic E-state index is 5.89. The Balaban J connectivity index is 1.90. The van der Waals surface area contributed by atoms with Crippen LogP contribution in [-0.4, -0.2) is 6.54 Å². The Bertz CT molecular complexity index is 560. The van der Waals surface area contributed by atoms with Gasteiger partial charge in [0.05, 0.1) is 0 Å². The largest absolute Gasteiger partial charge is 0.310 e. The van der Waals surface area contributed by atoms with E-state index < -0.39 is 0 Å². The van der Waals surface area contributed by atoms with Gasteiger partial charge < -0.3 is 5.32 Å². The topological polar surface area (TPSA) is 12.0 Å². The number of aryl methyl sites for hydroxylation is 2. The molecule has 2 aromatic rings. The van der Waals surface area contributed by atoms with Crippen molar-refractivity contribution in [2.45, 2.75) is 33.2 Å². The highest BCUT2D eigenvalue weighted by Crippen LogP contribution is 2.19. The molecule has 1 atom stereocenters. The first-order chi connectivity index (χ1) is 9.56. The van der Waals surface area contributed by atoms with Crippen LogP contribution in [0.4, 0.5) is 0 Å². The summed E-state index contributed by atoms with van der Waals surface area (Å²) in [6.07, 6.45) is 1.02. The van der Waals surface area contributed by atoms with Crippen LogP contribution in [0.5, 0.6) is 0 Å². The van der Waals surface area contributed by atoms with Gasteiger partial charge in [-0.05, 0) is 62.6 Å². The van der Waals surface area contributed by atoms with Crippen LogP contribution in [0.15, 0.2) is 42.5 Å². The van der Waals surface area contributed by atoms with Crippen LogP contribution in [0.3, 0.4) is 0 Å². The van der Waals surface area contributed by atoms with Crippen molar-refractivity contribution < 1.29 is 0 Å². The predicted octanol–water partition coefficient (Wildman–Crippen LogP) is 4.85. The molecule has 0 heterocycles. The average molecular weight is 288 g/mol. The van der Waals surface area contributed by atoms with Gasteiger partial charge in [-0.25, -0.2) is 0 Å². The monoisotopic (exact) mass is 287 g/mol. The molecule has 2 aromatic carbocycles. The fourth-order valence-electron chi connectivity index (χ4n) is 2.42. The minimum absolute atomic E-state index is 0.377. The van der Waals surface area contributed by atoms with Gasteiger partial charge in [0.2, 0.25) is 0 Å². The molecule has 0 spiro atoms. The van der Waals surface area contributed by atoms with Crippen molar-refractivity contribution in [1.82, 2.24) is 5.32 Å². The normalized spacial score (nSPS) is 12.4. The zero-order chi connectivity index (χ0) is 14.5. The van der Waals surface area contributed by atoms with Crippen molar-refractivity contribution in [2.75, 3.05) is 6.54 Å². The third-order valence-electron chi connectivity index (χ3n) is 3.68. The highest BCUT2D eigenvalue weighted by Gasteiger charge is 2.07. The van der Waals surface area contributed by atoms with Crippen molar-refractivity contribution in [3.8, 4) is 0 Å². The van der Waals surface area contributed by atoms with E-state index in [9.17, 15) is 0 Å². The lowest BCUT2D eigenvalue weighted by Gasteiger charge is -2.17. The molecule has 0 bridgehead atoms. The van der Waals surface area contributed by atoms with Gasteiger partial charge >= 0.3 is 0 Å². The average Bonchev–Trinajstić information content (AvgIpc) is 2.43. The molecule has 0 saturated heterocycles. The predicted molar refractivity (Wildman–Crippen MR) is 87.5 cm³/mol. The number of nitrogens with one attached hydrogen (secondary N) is 1. The van der Waals surface area contributed by atoms with Gasteiger partial charge in [0, 0.05) is 11.1 Å². The second-order valence-corrected chi connectivity index (χ2v) is 5.85. The molecule has 0 aromatic heterocycles. The summed E-state index contributed by atoms with van der Waals surface area (Å²) in [7, 11) is 0. The van der Waals surface area contributed by atoms with Crippen LogP contribution in [-0.2, 0) is 6.42 Å². The lowest BCUT2D eigenvalue weighted by atomic mass is 10.00. The summed E-state index contributed by atoms with van der Waals surface area (Å²) in [4.78, 5) is 0. The molecule has 106 valence electrons. The molecule has 0 aliphatic carbocycles. The van der Waals surface area contributed by atoms with Crippen LogP contribution < -0.4 is 5.32 Å². The van der Waals surface area contributed by atoms with Crippen LogP contribution >= 0.6 is 11.6 Å². The van der Waals surface area contributed by atoms with E-state index in [2.05, 4.69) is 56.4 Å². The first-order valence-electron chi connectivity index (χ1n) is 7.11. The third-order valence-corrected chi connectivity index (χ3v) is 3.93. The zero-order valence-corrected chi connectivity index (χ0v) is 13.2. The van der Waals surface area contributed by atoms with E-state index in [0.717, 1.165) is 18.0 Å². The van der Waals surface area contributed by atoms with E-state index >= 15 is 0 Å². The highest BCUT2D eigenvalue weighted by atomic mass is 35.5. The lowest BCUT2D eigenvalue weighted by Crippen LogP contribution is -2.22. The molecule has 1 N–H and O–H groups in total. The van der Waals surface area contributed by atoms with Crippen molar-refractivity contribution in [2.24, 2.45) is 0 Å². The van der Waals surface area contributed by atoms with Crippen LogP contribution in [0.25, 0.3) is 0 Å². The minimum atomic E-state index is 0.377. The van der Waals surface area contributed by atoms with E-state index in [0.29, 0.717) is 6.04 Å². The maximum Gasteiger partial charge on any atom is 0.0406 e. The Hall–Kier alpha value is -1.31. The van der Waals surface area contributed by atoms with Gasteiger partial charge in [0.15, 0.2) is 0 Å². The summed E-state index contributed by atoms with van der Waals surface area (Å²) in [6.45, 7) is 7.51. The molecule has 0 aliphatic heterocycles. The Kier molecular flexibility index (Phi) is 5.22. The lowest BCUT2D eigenvalue weighted by molar-refractivity contribution is 0.574. The Morgan fingerprint density at radius 3 is 2.45 bits per heavy atom. The second kappa shape index (κ2) is 6.92. The number of hydrogen-bond acceptors (Lipinski definition) is 1. The fourth-order valence-corrected chi connectivity index (χ4v) is 2.55. The summed E-state index contributed by atoms with van der Waals surface area (Å²) >= 11 is 5.89. The van der Waals surface area contributed by atoms with E-state index in [1.54, 1.807) is 0 Å². The zero-order valence-electron chi connectivity index (χ0n) is 12.4. The van der Waals surface area contributed by atoms with Crippen molar-refractivity contribution in [3.63, 3.8) is 0 Å². The van der Waals surface area contributed by atoms with Gasteiger partial charge in [0.1, 0.15) is 0 Å². The summed E-state index contributed by atoms with van der Waals surface area (Å²) in [5.74, 6) is 0. The molecule has 0 aliphatic rings. The summed E-state index contributed by atoms with van der Waals surface area (Å²) in [5, 5.41) is 4.39. The fraction of sp³-hybridized carbons (Fsp3) is 0.333. The smallest absolute Gasteiger partial charge is 0.0406 e. The molecule has 0 radical (unpaired) electrons. The van der Waals surface area contributed by atoms with Crippen molar-refractivity contribution in [3.05, 3.63) is 69.7 Å². The van der Waals surface area contributed by atoms with Gasteiger partial charge in [-0.3, -0.25) is 0 Å². The molecule has 1 nitrogen and oxygen atoms in total. The molecule has 2 heteroatoms. The number of benzene rings is 2. The van der Waals surface area contributed by atoms with Gasteiger partial charge in [-0.2, -0.15) is 0 Å². The molecular weight excluding hydrogens is 266 g/mol. The van der Waals surface area contributed by atoms with E-state index in [4.69, 9.17) is 11.6 Å². The van der Waals surface area contributed by atoms with Gasteiger partial charge in [-0.1, -0.05) is 47.5 Å². The second-order valence-electron chi connectivity index (χ2n) is 5.41. The van der Waals surface area contributed by atoms with E-state index in [1.165, 1.54) is 22.3 Å². The summed E-state index contributed by atoms with van der Waals surface area (Å²) in [6, 6.07) is 15.1. The number of rotatable bonds is 5. The van der Waals surface area contributed by atoms with Gasteiger partial charge in [0.25, 0.3) is 0 Å². The molecule has 0 saturated carbocycles. The van der Waals surface area contributed by atoms with Crippen LogP contribution in [0.2, 0.25) is 5.02 Å². The Morgan fingerprint density at radius 1 is 1.05 bits per heavy atom. The van der Waals surface area contributed by atoms with E-state index in [-0.39, 0.29) is 0 Å². The Labute approximate surface area is 127 Å². The number of hydrogen-bond donors (Lipinski definition) is 1.